The number of aliphatic hydroxyl groups is 1. The van der Waals surface area contributed by atoms with E-state index >= 15 is 0 Å². The van der Waals surface area contributed by atoms with Crippen LogP contribution in [-0.4, -0.2) is 79.4 Å². The largest absolute Gasteiger partial charge is 0.480 e. The number of carbonyl (C=O) groups excluding carboxylic acids is 3. The third-order valence-corrected chi connectivity index (χ3v) is 12.2. The molecule has 0 spiro atoms. The number of ketones is 2. The number of aromatic nitrogens is 2. The number of carbonyl (C=O) groups is 5. The van der Waals surface area contributed by atoms with Gasteiger partial charge in [-0.3, -0.25) is 19.2 Å². The summed E-state index contributed by atoms with van der Waals surface area (Å²) >= 11 is 12.0. The molecule has 5 atom stereocenters. The molecule has 2 heterocycles. The number of carboxylic acid groups (broad SMARTS) is 2. The van der Waals surface area contributed by atoms with E-state index in [1.807, 2.05) is 39.8 Å². The first-order valence-corrected chi connectivity index (χ1v) is 23.8. The highest BCUT2D eigenvalue weighted by atomic mass is 35.5. The molecule has 382 valence electrons. The molecular formula is C53H57Cl2F2N5O10. The second kappa shape index (κ2) is 26.2. The minimum absolute atomic E-state index is 0.0133. The summed E-state index contributed by atoms with van der Waals surface area (Å²) in [6.07, 6.45) is 3.52. The van der Waals surface area contributed by atoms with Crippen molar-refractivity contribution < 1.29 is 56.9 Å². The fourth-order valence-electron chi connectivity index (χ4n) is 7.66. The maximum absolute atomic E-state index is 14.3. The highest BCUT2D eigenvalue weighted by Crippen LogP contribution is 2.30. The van der Waals surface area contributed by atoms with Crippen LogP contribution in [0.25, 0.3) is 22.3 Å². The average molecular weight is 1030 g/mol. The summed E-state index contributed by atoms with van der Waals surface area (Å²) in [5.41, 5.74) is 16.2. The Morgan fingerprint density at radius 2 is 1.04 bits per heavy atom. The van der Waals surface area contributed by atoms with E-state index < -0.39 is 60.1 Å². The van der Waals surface area contributed by atoms with Crippen molar-refractivity contribution in [3.05, 3.63) is 153 Å². The standard InChI is InChI=1S/C28H31ClFN3O6.C25H26ClFN2O4/c1-15(2)24-14-39-27(33-24)25(35)11-17(10-23(28(37)38)32-26(36)22(31)13-34)9-16-3-5-18(6-4-16)20-12-19(29)7-8-21(20)30;1-14(2)22-13-33-24(29-22)23(30)11-16(10-21(28)25(31)32)9-15-3-5-17(6-4-15)19-12-18(26)7-8-20(19)27/h3-8,12,14-15,17,22-23,34H,9-11,13,31H2,1-2H3,(H,32,36)(H,37,38);3-8,12-14,16,21H,9-11,28H2,1-2H3,(H,31,32)/t17-,22+,23-;16-,21-/m11/s1. The minimum atomic E-state index is -1.36. The average Bonchev–Trinajstić information content (AvgIpc) is 4.06. The Kier molecular flexibility index (Phi) is 20.5. The van der Waals surface area contributed by atoms with Gasteiger partial charge in [-0.15, -0.1) is 0 Å². The molecule has 4 aromatic carbocycles. The zero-order valence-corrected chi connectivity index (χ0v) is 41.5. The summed E-state index contributed by atoms with van der Waals surface area (Å²) in [4.78, 5) is 69.6. The number of aliphatic carboxylic acids is 2. The Hall–Kier alpha value is -6.63. The van der Waals surface area contributed by atoms with E-state index in [9.17, 15) is 43.0 Å². The van der Waals surface area contributed by atoms with Crippen LogP contribution in [0.15, 0.2) is 106 Å². The van der Waals surface area contributed by atoms with Gasteiger partial charge in [-0.1, -0.05) is 99.4 Å². The van der Waals surface area contributed by atoms with E-state index in [1.54, 1.807) is 42.5 Å². The number of carboxylic acids is 2. The number of Topliss-reactive ketones (excluding diaryl/α,β-unsaturated/α-hetero) is 2. The van der Waals surface area contributed by atoms with Gasteiger partial charge in [0.05, 0.1) is 18.0 Å². The molecule has 8 N–H and O–H groups in total. The molecule has 0 aliphatic carbocycles. The number of nitrogens with two attached hydrogens (primary N) is 2. The summed E-state index contributed by atoms with van der Waals surface area (Å²) in [7, 11) is 0. The fourth-order valence-corrected chi connectivity index (χ4v) is 8.00. The summed E-state index contributed by atoms with van der Waals surface area (Å²) in [5.74, 6) is -5.56. The Morgan fingerprint density at radius 3 is 1.40 bits per heavy atom. The van der Waals surface area contributed by atoms with Crippen molar-refractivity contribution in [2.75, 3.05) is 6.61 Å². The summed E-state index contributed by atoms with van der Waals surface area (Å²) in [6, 6.07) is 19.0. The van der Waals surface area contributed by atoms with Gasteiger partial charge < -0.3 is 40.9 Å². The molecule has 6 aromatic rings. The number of halogens is 4. The molecule has 0 bridgehead atoms. The molecule has 0 aliphatic heterocycles. The van der Waals surface area contributed by atoms with Crippen LogP contribution in [0.5, 0.6) is 0 Å². The molecule has 19 heteroatoms. The number of hydrogen-bond acceptors (Lipinski definition) is 12. The lowest BCUT2D eigenvalue weighted by molar-refractivity contribution is -0.142. The number of rotatable bonds is 23. The Balaban J connectivity index is 0.000000271. The molecule has 0 unspecified atom stereocenters. The van der Waals surface area contributed by atoms with Gasteiger partial charge in [-0.05, 0) is 108 Å². The maximum Gasteiger partial charge on any atom is 0.326 e. The molecule has 6 rings (SSSR count). The molecule has 0 fully saturated rings. The van der Waals surface area contributed by atoms with Crippen LogP contribution in [0.1, 0.15) is 109 Å². The van der Waals surface area contributed by atoms with Gasteiger partial charge in [0, 0.05) is 34.0 Å². The van der Waals surface area contributed by atoms with Crippen molar-refractivity contribution in [3.8, 4) is 22.3 Å². The van der Waals surface area contributed by atoms with Gasteiger partial charge in [0.15, 0.2) is 0 Å². The number of amides is 1. The van der Waals surface area contributed by atoms with Gasteiger partial charge in [-0.25, -0.2) is 23.5 Å². The molecule has 0 saturated carbocycles. The lowest BCUT2D eigenvalue weighted by atomic mass is 9.87. The van der Waals surface area contributed by atoms with Crippen LogP contribution >= 0.6 is 23.2 Å². The summed E-state index contributed by atoms with van der Waals surface area (Å²) < 4.78 is 39.1. The third kappa shape index (κ3) is 16.2. The lowest BCUT2D eigenvalue weighted by Gasteiger charge is -2.22. The second-order valence-electron chi connectivity index (χ2n) is 18.1. The molecule has 0 saturated heterocycles. The monoisotopic (exact) mass is 1030 g/mol. The molecule has 15 nitrogen and oxygen atoms in total. The normalized spacial score (nSPS) is 13.4. The van der Waals surface area contributed by atoms with E-state index in [2.05, 4.69) is 15.3 Å². The van der Waals surface area contributed by atoms with E-state index in [0.717, 1.165) is 11.1 Å². The van der Waals surface area contributed by atoms with E-state index in [-0.39, 0.29) is 73.2 Å². The van der Waals surface area contributed by atoms with Crippen molar-refractivity contribution in [2.45, 2.75) is 96.2 Å². The number of hydrogen-bond donors (Lipinski definition) is 6. The maximum atomic E-state index is 14.3. The molecule has 1 amide bonds. The predicted octanol–water partition coefficient (Wildman–Crippen LogP) is 9.46. The van der Waals surface area contributed by atoms with Crippen LogP contribution in [0, 0.1) is 23.5 Å². The van der Waals surface area contributed by atoms with Crippen molar-refractivity contribution in [2.24, 2.45) is 23.3 Å². The van der Waals surface area contributed by atoms with Crippen LogP contribution in [-0.2, 0) is 27.2 Å². The number of nitrogens with one attached hydrogen (secondary N) is 1. The fraction of sp³-hybridized carbons (Fsp3) is 0.340. The highest BCUT2D eigenvalue weighted by Gasteiger charge is 2.30. The highest BCUT2D eigenvalue weighted by molar-refractivity contribution is 6.31. The first-order chi connectivity index (χ1) is 34.1. The van der Waals surface area contributed by atoms with Gasteiger partial charge in [0.25, 0.3) is 11.8 Å². The number of oxazole rings is 2. The number of nitrogens with zero attached hydrogens (tertiary/aromatic N) is 2. The summed E-state index contributed by atoms with van der Waals surface area (Å²) in [5, 5.41) is 31.3. The zero-order valence-electron chi connectivity index (χ0n) is 40.0. The smallest absolute Gasteiger partial charge is 0.326 e. The minimum Gasteiger partial charge on any atom is -0.480 e. The Bertz CT molecular complexity index is 2820. The Labute approximate surface area is 425 Å². The van der Waals surface area contributed by atoms with Crippen LogP contribution < -0.4 is 16.8 Å². The van der Waals surface area contributed by atoms with E-state index in [0.29, 0.717) is 50.1 Å². The van der Waals surface area contributed by atoms with Crippen molar-refractivity contribution in [1.82, 2.24) is 15.3 Å². The van der Waals surface area contributed by atoms with Crippen molar-refractivity contribution >= 4 is 52.6 Å². The number of aliphatic hydroxyl groups excluding tert-OH is 1. The SMILES string of the molecule is CC(C)c1coc(C(=O)C[C@H](Cc2ccc(-c3cc(Cl)ccc3F)cc2)C[C@@H](N)C(=O)O)n1.CC(C)c1coc(C(=O)C[C@H](Cc2ccc(-c3cc(Cl)ccc3F)cc2)C[C@@H](NC(=O)[C@@H](N)CO)C(=O)O)n1. The summed E-state index contributed by atoms with van der Waals surface area (Å²) in [6.45, 7) is 7.05. The number of benzene rings is 4. The quantitative estimate of drug-likeness (QED) is 0.0327. The lowest BCUT2D eigenvalue weighted by Crippen LogP contribution is -2.50. The first kappa shape index (κ1) is 56.3. The van der Waals surface area contributed by atoms with Crippen LogP contribution in [0.2, 0.25) is 10.0 Å². The molecule has 0 aliphatic rings. The molecule has 2 aromatic heterocycles. The first-order valence-electron chi connectivity index (χ1n) is 23.1. The molecule has 0 radical (unpaired) electrons. The van der Waals surface area contributed by atoms with Gasteiger partial charge in [0.1, 0.15) is 42.3 Å². The zero-order chi connectivity index (χ0) is 52.8. The molecular weight excluding hydrogens is 976 g/mol. The predicted molar refractivity (Wildman–Crippen MR) is 267 cm³/mol. The van der Waals surface area contributed by atoms with Gasteiger partial charge >= 0.3 is 11.9 Å². The Morgan fingerprint density at radius 1 is 0.625 bits per heavy atom. The van der Waals surface area contributed by atoms with Crippen LogP contribution in [0.4, 0.5) is 8.78 Å². The topological polar surface area (TPSA) is 262 Å². The second-order valence-corrected chi connectivity index (χ2v) is 19.0. The van der Waals surface area contributed by atoms with Crippen LogP contribution in [0.3, 0.4) is 0 Å². The van der Waals surface area contributed by atoms with Crippen molar-refractivity contribution in [1.29, 1.82) is 0 Å². The van der Waals surface area contributed by atoms with Gasteiger partial charge in [0.2, 0.25) is 17.5 Å². The molecule has 72 heavy (non-hydrogen) atoms. The van der Waals surface area contributed by atoms with Gasteiger partial charge in [-0.2, -0.15) is 0 Å². The third-order valence-electron chi connectivity index (χ3n) is 11.7. The van der Waals surface area contributed by atoms with E-state index in [4.69, 9.17) is 48.6 Å². The van der Waals surface area contributed by atoms with Crippen molar-refractivity contribution in [3.63, 3.8) is 0 Å². The van der Waals surface area contributed by atoms with E-state index in [1.165, 1.54) is 42.9 Å².